The fourth-order valence-corrected chi connectivity index (χ4v) is 1.75. The van der Waals surface area contributed by atoms with E-state index in [1.54, 1.807) is 12.4 Å². The Bertz CT molecular complexity index is 526. The third kappa shape index (κ3) is 1.70. The number of nitrogens with zero attached hydrogens (tertiary/aromatic N) is 3. The molecule has 0 saturated heterocycles. The van der Waals surface area contributed by atoms with Gasteiger partial charge in [-0.05, 0) is 30.8 Å². The van der Waals surface area contributed by atoms with Crippen molar-refractivity contribution in [1.29, 1.82) is 0 Å². The van der Waals surface area contributed by atoms with Gasteiger partial charge >= 0.3 is 0 Å². The molecule has 0 aliphatic rings. The summed E-state index contributed by atoms with van der Waals surface area (Å²) >= 11 is 5.20. The van der Waals surface area contributed by atoms with E-state index in [0.717, 1.165) is 23.5 Å². The highest BCUT2D eigenvalue weighted by Crippen LogP contribution is 2.14. The first-order valence-corrected chi connectivity index (χ1v) is 5.22. The van der Waals surface area contributed by atoms with Gasteiger partial charge in [-0.25, -0.2) is 0 Å². The molecule has 0 unspecified atom stereocenters. The van der Waals surface area contributed by atoms with Gasteiger partial charge in [-0.3, -0.25) is 14.6 Å². The largest absolute Gasteiger partial charge is 0.270 e. The summed E-state index contributed by atoms with van der Waals surface area (Å²) in [5, 5.41) is 6.97. The van der Waals surface area contributed by atoms with Crippen molar-refractivity contribution in [3.63, 3.8) is 0 Å². The number of nitrogens with one attached hydrogen (secondary N) is 1. The van der Waals surface area contributed by atoms with Crippen molar-refractivity contribution in [2.75, 3.05) is 0 Å². The molecule has 0 aliphatic heterocycles. The standard InChI is InChI=1S/C10H12N4S/c1-3-9-12-13-10(15)14(9)8-6-11-5-4-7(8)2/h4-6H,3H2,1-2H3,(H,13,15). The van der Waals surface area contributed by atoms with E-state index in [0.29, 0.717) is 4.77 Å². The predicted octanol–water partition coefficient (Wildman–Crippen LogP) is 2.20. The maximum atomic E-state index is 5.20. The second-order valence-corrected chi connectivity index (χ2v) is 3.68. The summed E-state index contributed by atoms with van der Waals surface area (Å²) < 4.78 is 2.54. The molecule has 0 aliphatic carbocycles. The lowest BCUT2D eigenvalue weighted by molar-refractivity contribution is 0.871. The monoisotopic (exact) mass is 220 g/mol. The summed E-state index contributed by atoms with van der Waals surface area (Å²) in [6.45, 7) is 4.08. The van der Waals surface area contributed by atoms with Crippen molar-refractivity contribution in [3.8, 4) is 5.69 Å². The SMILES string of the molecule is CCc1n[nH]c(=S)n1-c1cnccc1C. The third-order valence-electron chi connectivity index (χ3n) is 2.31. The Balaban J connectivity index is 2.68. The van der Waals surface area contributed by atoms with Crippen LogP contribution < -0.4 is 0 Å². The highest BCUT2D eigenvalue weighted by atomic mass is 32.1. The minimum absolute atomic E-state index is 0.614. The number of pyridine rings is 1. The number of hydrogen-bond acceptors (Lipinski definition) is 3. The molecule has 0 aromatic carbocycles. The van der Waals surface area contributed by atoms with Gasteiger partial charge in [0.15, 0.2) is 4.77 Å². The summed E-state index contributed by atoms with van der Waals surface area (Å²) in [6.07, 6.45) is 4.41. The van der Waals surface area contributed by atoms with Crippen LogP contribution in [0.2, 0.25) is 0 Å². The average Bonchev–Trinajstić information content (AvgIpc) is 2.60. The van der Waals surface area contributed by atoms with Crippen LogP contribution in [0.1, 0.15) is 18.3 Å². The molecular formula is C10H12N4S. The predicted molar refractivity (Wildman–Crippen MR) is 60.7 cm³/mol. The first kappa shape index (κ1) is 10.0. The summed E-state index contributed by atoms with van der Waals surface area (Å²) in [7, 11) is 0. The second kappa shape index (κ2) is 3.94. The van der Waals surface area contributed by atoms with Crippen molar-refractivity contribution < 1.29 is 0 Å². The van der Waals surface area contributed by atoms with E-state index < -0.39 is 0 Å². The van der Waals surface area contributed by atoms with Crippen LogP contribution >= 0.6 is 12.2 Å². The average molecular weight is 220 g/mol. The number of aromatic nitrogens is 4. The molecule has 0 saturated carbocycles. The van der Waals surface area contributed by atoms with Gasteiger partial charge in [0.05, 0.1) is 11.9 Å². The van der Waals surface area contributed by atoms with E-state index in [1.807, 2.05) is 24.5 Å². The van der Waals surface area contributed by atoms with E-state index in [9.17, 15) is 0 Å². The normalized spacial score (nSPS) is 10.5. The van der Waals surface area contributed by atoms with Crippen LogP contribution in [0.25, 0.3) is 5.69 Å². The van der Waals surface area contributed by atoms with Gasteiger partial charge in [-0.2, -0.15) is 5.10 Å². The van der Waals surface area contributed by atoms with Crippen LogP contribution in [0.4, 0.5) is 0 Å². The molecule has 15 heavy (non-hydrogen) atoms. The Morgan fingerprint density at radius 1 is 1.53 bits per heavy atom. The van der Waals surface area contributed by atoms with E-state index in [2.05, 4.69) is 15.2 Å². The molecule has 0 amide bonds. The van der Waals surface area contributed by atoms with Crippen LogP contribution in [-0.4, -0.2) is 19.7 Å². The van der Waals surface area contributed by atoms with Crippen molar-refractivity contribution in [1.82, 2.24) is 19.7 Å². The Labute approximate surface area is 93.0 Å². The molecule has 4 nitrogen and oxygen atoms in total. The zero-order chi connectivity index (χ0) is 10.8. The lowest BCUT2D eigenvalue weighted by Gasteiger charge is -2.07. The first-order chi connectivity index (χ1) is 7.24. The van der Waals surface area contributed by atoms with Crippen molar-refractivity contribution in [3.05, 3.63) is 34.6 Å². The number of H-pyrrole nitrogens is 1. The van der Waals surface area contributed by atoms with Gasteiger partial charge in [0.1, 0.15) is 5.82 Å². The molecule has 0 spiro atoms. The Hall–Kier alpha value is -1.49. The minimum atomic E-state index is 0.614. The van der Waals surface area contributed by atoms with Gasteiger partial charge in [0.2, 0.25) is 0 Å². The zero-order valence-corrected chi connectivity index (χ0v) is 9.51. The molecule has 1 N–H and O–H groups in total. The smallest absolute Gasteiger partial charge is 0.199 e. The van der Waals surface area contributed by atoms with Crippen LogP contribution in [0.15, 0.2) is 18.5 Å². The molecule has 0 radical (unpaired) electrons. The molecular weight excluding hydrogens is 208 g/mol. The number of hydrogen-bond donors (Lipinski definition) is 1. The molecule has 0 bridgehead atoms. The maximum absolute atomic E-state index is 5.20. The van der Waals surface area contributed by atoms with E-state index >= 15 is 0 Å². The summed E-state index contributed by atoms with van der Waals surface area (Å²) in [5.74, 6) is 0.927. The van der Waals surface area contributed by atoms with Crippen LogP contribution in [0.3, 0.4) is 0 Å². The van der Waals surface area contributed by atoms with Crippen molar-refractivity contribution >= 4 is 12.2 Å². The van der Waals surface area contributed by atoms with Gasteiger partial charge in [-0.1, -0.05) is 6.92 Å². The number of rotatable bonds is 2. The Kier molecular flexibility index (Phi) is 2.64. The molecule has 2 aromatic heterocycles. The molecule has 0 atom stereocenters. The third-order valence-corrected chi connectivity index (χ3v) is 2.58. The Morgan fingerprint density at radius 3 is 3.00 bits per heavy atom. The van der Waals surface area contributed by atoms with E-state index in [4.69, 9.17) is 12.2 Å². The number of aryl methyl sites for hydroxylation is 2. The van der Waals surface area contributed by atoms with Crippen LogP contribution in [0, 0.1) is 11.7 Å². The fourth-order valence-electron chi connectivity index (χ4n) is 1.50. The summed E-state index contributed by atoms with van der Waals surface area (Å²) in [5.41, 5.74) is 2.13. The van der Waals surface area contributed by atoms with Gasteiger partial charge in [0, 0.05) is 12.6 Å². The van der Waals surface area contributed by atoms with Crippen molar-refractivity contribution in [2.24, 2.45) is 0 Å². The Morgan fingerprint density at radius 2 is 2.33 bits per heavy atom. The first-order valence-electron chi connectivity index (χ1n) is 4.81. The quantitative estimate of drug-likeness (QED) is 0.789. The second-order valence-electron chi connectivity index (χ2n) is 3.30. The lowest BCUT2D eigenvalue weighted by Crippen LogP contribution is -2.02. The molecule has 0 fully saturated rings. The van der Waals surface area contributed by atoms with Gasteiger partial charge in [-0.15, -0.1) is 0 Å². The van der Waals surface area contributed by atoms with Crippen LogP contribution in [-0.2, 0) is 6.42 Å². The fraction of sp³-hybridized carbons (Fsp3) is 0.300. The summed E-state index contributed by atoms with van der Waals surface area (Å²) in [6, 6.07) is 1.96. The zero-order valence-electron chi connectivity index (χ0n) is 8.69. The molecule has 2 heterocycles. The molecule has 2 rings (SSSR count). The number of aromatic amines is 1. The molecule has 78 valence electrons. The van der Waals surface area contributed by atoms with Gasteiger partial charge < -0.3 is 0 Å². The molecule has 2 aromatic rings. The highest BCUT2D eigenvalue weighted by Gasteiger charge is 2.08. The summed E-state index contributed by atoms with van der Waals surface area (Å²) in [4.78, 5) is 4.11. The van der Waals surface area contributed by atoms with Gasteiger partial charge in [0.25, 0.3) is 0 Å². The van der Waals surface area contributed by atoms with Crippen LogP contribution in [0.5, 0.6) is 0 Å². The highest BCUT2D eigenvalue weighted by molar-refractivity contribution is 7.71. The maximum Gasteiger partial charge on any atom is 0.199 e. The minimum Gasteiger partial charge on any atom is -0.270 e. The van der Waals surface area contributed by atoms with E-state index in [1.165, 1.54) is 0 Å². The molecule has 5 heteroatoms. The lowest BCUT2D eigenvalue weighted by atomic mass is 10.2. The topological polar surface area (TPSA) is 46.5 Å². The van der Waals surface area contributed by atoms with Crippen molar-refractivity contribution in [2.45, 2.75) is 20.3 Å². The van der Waals surface area contributed by atoms with E-state index in [-0.39, 0.29) is 0 Å².